The van der Waals surface area contributed by atoms with Crippen molar-refractivity contribution in [1.29, 1.82) is 0 Å². The summed E-state index contributed by atoms with van der Waals surface area (Å²) in [6.45, 7) is 12.4. The number of aryl methyl sites for hydroxylation is 1. The third-order valence-electron chi connectivity index (χ3n) is 9.03. The minimum atomic E-state index is -2.67. The Labute approximate surface area is 274 Å². The number of nitrogens with zero attached hydrogens (tertiary/aromatic N) is 7. The van der Waals surface area contributed by atoms with E-state index >= 15 is 0 Å². The van der Waals surface area contributed by atoms with Crippen molar-refractivity contribution < 1.29 is 9.30 Å². The molecular weight excluding hydrogens is 651 g/mol. The second kappa shape index (κ2) is 13.3. The van der Waals surface area contributed by atoms with Crippen molar-refractivity contribution in [3.05, 3.63) is 64.1 Å². The van der Waals surface area contributed by atoms with Gasteiger partial charge in [-0.15, -0.1) is 0 Å². The first kappa shape index (κ1) is 31.9. The number of rotatable bonds is 8. The molecule has 2 saturated heterocycles. The summed E-state index contributed by atoms with van der Waals surface area (Å²) in [5.74, 6) is 1.21. The van der Waals surface area contributed by atoms with Crippen molar-refractivity contribution in [1.82, 2.24) is 29.7 Å². The van der Waals surface area contributed by atoms with Gasteiger partial charge in [0.15, 0.2) is 0 Å². The van der Waals surface area contributed by atoms with Crippen molar-refractivity contribution in [3.63, 3.8) is 0 Å². The van der Waals surface area contributed by atoms with Gasteiger partial charge in [0, 0.05) is 87.4 Å². The van der Waals surface area contributed by atoms with Crippen LogP contribution in [-0.2, 0) is 11.0 Å². The van der Waals surface area contributed by atoms with E-state index in [1.54, 1.807) is 39.0 Å². The minimum absolute atomic E-state index is 0.463. The average Bonchev–Trinajstić information content (AvgIpc) is 3.02. The predicted octanol–water partition coefficient (Wildman–Crippen LogP) is 5.30. The largest absolute Gasteiger partial charge is 0.494 e. The predicted molar refractivity (Wildman–Crippen MR) is 186 cm³/mol. The molecule has 0 unspecified atom stereocenters. The molecule has 0 saturated carbocycles. The molecule has 2 aliphatic rings. The Morgan fingerprint density at radius 1 is 1.02 bits per heavy atom. The lowest BCUT2D eigenvalue weighted by molar-refractivity contribution is 0.0982. The Hall–Kier alpha value is -3.11. The van der Waals surface area contributed by atoms with Crippen LogP contribution in [0.25, 0.3) is 11.0 Å². The quantitative estimate of drug-likeness (QED) is 0.245. The summed E-state index contributed by atoms with van der Waals surface area (Å²) < 4.78 is 20.1. The maximum Gasteiger partial charge on any atom is 0.227 e. The lowest BCUT2D eigenvalue weighted by Gasteiger charge is -2.43. The first-order chi connectivity index (χ1) is 21.6. The number of nitrogens with one attached hydrogen (secondary N) is 1. The fraction of sp³-hybridized carbons (Fsp3) is 0.455. The Morgan fingerprint density at radius 3 is 2.47 bits per heavy atom. The van der Waals surface area contributed by atoms with Gasteiger partial charge in [-0.25, -0.2) is 9.97 Å². The summed E-state index contributed by atoms with van der Waals surface area (Å²) >= 11 is 3.64. The highest BCUT2D eigenvalue weighted by Crippen LogP contribution is 2.40. The van der Waals surface area contributed by atoms with Gasteiger partial charge >= 0.3 is 0 Å². The first-order valence-electron chi connectivity index (χ1n) is 15.5. The first-order valence-corrected chi connectivity index (χ1v) is 18.9. The third-order valence-corrected chi connectivity index (χ3v) is 11.3. The van der Waals surface area contributed by atoms with Gasteiger partial charge in [-0.3, -0.25) is 14.9 Å². The number of fused-ring (bicyclic) bond motifs is 1. The fourth-order valence-corrected chi connectivity index (χ4v) is 8.50. The molecule has 0 aliphatic carbocycles. The number of aromatic nitrogens is 4. The Morgan fingerprint density at radius 2 is 1.76 bits per heavy atom. The SMILES string of the molecule is COc1cc(N2CCC(N3CCN(C)CC3)CC2)c(C)cc1Nc1ncc(Br)c(Cc2ccc3nccnc3c2P(C)(C)=O)n1. The molecule has 2 aromatic carbocycles. The average molecular weight is 694 g/mol. The van der Waals surface area contributed by atoms with Crippen molar-refractivity contribution >= 4 is 56.7 Å². The van der Waals surface area contributed by atoms with E-state index in [-0.39, 0.29) is 0 Å². The molecule has 45 heavy (non-hydrogen) atoms. The fourth-order valence-electron chi connectivity index (χ4n) is 6.64. The van der Waals surface area contributed by atoms with E-state index in [4.69, 9.17) is 9.72 Å². The van der Waals surface area contributed by atoms with E-state index in [1.807, 2.05) is 12.1 Å². The molecule has 0 atom stereocenters. The zero-order chi connectivity index (χ0) is 31.7. The summed E-state index contributed by atoms with van der Waals surface area (Å²) in [4.78, 5) is 26.0. The van der Waals surface area contributed by atoms with Gasteiger partial charge in [-0.2, -0.15) is 0 Å². The molecule has 2 aromatic heterocycles. The van der Waals surface area contributed by atoms with Crippen molar-refractivity contribution in [2.75, 3.05) is 77.0 Å². The molecule has 0 radical (unpaired) electrons. The van der Waals surface area contributed by atoms with Crippen LogP contribution < -0.4 is 20.3 Å². The molecule has 2 fully saturated rings. The number of piperidine rings is 1. The molecule has 12 heteroatoms. The number of hydrogen-bond donors (Lipinski definition) is 1. The van der Waals surface area contributed by atoms with E-state index in [9.17, 15) is 4.57 Å². The highest BCUT2D eigenvalue weighted by atomic mass is 79.9. The van der Waals surface area contributed by atoms with Crippen molar-refractivity contribution in [2.45, 2.75) is 32.2 Å². The smallest absolute Gasteiger partial charge is 0.227 e. The molecule has 0 spiro atoms. The summed E-state index contributed by atoms with van der Waals surface area (Å²) in [5, 5.41) is 4.15. The zero-order valence-corrected chi connectivity index (χ0v) is 29.2. The summed E-state index contributed by atoms with van der Waals surface area (Å²) in [6, 6.07) is 8.83. The lowest BCUT2D eigenvalue weighted by Crippen LogP contribution is -2.52. The second-order valence-corrected chi connectivity index (χ2v) is 16.5. The standard InChI is InChI=1S/C33H42BrN8O2P/c1-22-18-28(30(44-3)20-29(22)42-12-8-24(9-13-42)41-16-14-40(2)15-17-41)39-33-37-21-25(34)27(38-33)19-23-6-7-26-31(36-11-10-35-26)32(23)45(4,5)43/h6-7,10-11,18,20-21,24H,8-9,12-17,19H2,1-5H3,(H,37,38,39). The minimum Gasteiger partial charge on any atom is -0.494 e. The summed E-state index contributed by atoms with van der Waals surface area (Å²) in [6.07, 6.45) is 7.87. The van der Waals surface area contributed by atoms with Gasteiger partial charge in [0.2, 0.25) is 5.95 Å². The van der Waals surface area contributed by atoms with Crippen molar-refractivity contribution in [2.24, 2.45) is 0 Å². The third kappa shape index (κ3) is 7.02. The summed E-state index contributed by atoms with van der Waals surface area (Å²) in [7, 11) is 1.25. The highest BCUT2D eigenvalue weighted by Gasteiger charge is 2.28. The second-order valence-electron chi connectivity index (χ2n) is 12.5. The van der Waals surface area contributed by atoms with Gasteiger partial charge in [0.25, 0.3) is 0 Å². The highest BCUT2D eigenvalue weighted by molar-refractivity contribution is 9.10. The topological polar surface area (TPSA) is 99.6 Å². The molecule has 10 nitrogen and oxygen atoms in total. The zero-order valence-electron chi connectivity index (χ0n) is 26.8. The monoisotopic (exact) mass is 692 g/mol. The van der Waals surface area contributed by atoms with Gasteiger partial charge in [-0.05, 0) is 79.3 Å². The number of benzene rings is 2. The van der Waals surface area contributed by atoms with Crippen LogP contribution in [0.2, 0.25) is 0 Å². The van der Waals surface area contributed by atoms with Gasteiger partial charge in [0.1, 0.15) is 12.9 Å². The number of hydrogen-bond acceptors (Lipinski definition) is 10. The number of piperazine rings is 1. The maximum atomic E-state index is 13.4. The van der Waals surface area contributed by atoms with E-state index in [0.717, 1.165) is 64.2 Å². The molecule has 2 aliphatic heterocycles. The Kier molecular flexibility index (Phi) is 9.43. The van der Waals surface area contributed by atoms with Crippen LogP contribution in [0.4, 0.5) is 17.3 Å². The molecule has 4 aromatic rings. The van der Waals surface area contributed by atoms with Gasteiger partial charge in [-0.1, -0.05) is 6.07 Å². The van der Waals surface area contributed by atoms with Crippen LogP contribution >= 0.6 is 23.1 Å². The van der Waals surface area contributed by atoms with Crippen LogP contribution in [0.15, 0.2) is 47.3 Å². The molecular formula is C33H42BrN8O2P. The Balaban J connectivity index is 1.21. The number of likely N-dealkylation sites (N-methyl/N-ethyl adjacent to an activating group) is 1. The number of methoxy groups -OCH3 is 1. The number of ether oxygens (including phenoxy) is 1. The van der Waals surface area contributed by atoms with Gasteiger partial charge in [0.05, 0.1) is 34.0 Å². The molecule has 4 heterocycles. The lowest BCUT2D eigenvalue weighted by atomic mass is 10.0. The van der Waals surface area contributed by atoms with Crippen LogP contribution in [0.3, 0.4) is 0 Å². The van der Waals surface area contributed by atoms with E-state index < -0.39 is 7.14 Å². The Bertz CT molecular complexity index is 1730. The van der Waals surface area contributed by atoms with E-state index in [1.165, 1.54) is 37.2 Å². The van der Waals surface area contributed by atoms with E-state index in [2.05, 4.69) is 77.0 Å². The maximum absolute atomic E-state index is 13.4. The summed E-state index contributed by atoms with van der Waals surface area (Å²) in [5.41, 5.74) is 6.30. The van der Waals surface area contributed by atoms with Crippen LogP contribution in [0.5, 0.6) is 5.75 Å². The van der Waals surface area contributed by atoms with Crippen LogP contribution in [-0.4, -0.2) is 103 Å². The molecule has 6 rings (SSSR count). The van der Waals surface area contributed by atoms with Gasteiger partial charge < -0.3 is 24.4 Å². The molecule has 0 amide bonds. The van der Waals surface area contributed by atoms with E-state index in [0.29, 0.717) is 23.9 Å². The number of halogens is 1. The molecule has 238 valence electrons. The normalized spacial score (nSPS) is 17.2. The molecule has 1 N–H and O–H groups in total. The molecule has 0 bridgehead atoms. The van der Waals surface area contributed by atoms with Crippen molar-refractivity contribution in [3.8, 4) is 5.75 Å². The van der Waals surface area contributed by atoms with Crippen LogP contribution in [0.1, 0.15) is 29.7 Å². The van der Waals surface area contributed by atoms with Crippen LogP contribution in [0, 0.1) is 6.92 Å². The number of anilines is 3.